The third kappa shape index (κ3) is 2.71. The summed E-state index contributed by atoms with van der Waals surface area (Å²) in [6, 6.07) is 0. The molecule has 5 saturated carbocycles. The Hall–Kier alpha value is -0.370. The number of ketones is 1. The first-order valence-corrected chi connectivity index (χ1v) is 13.9. The van der Waals surface area contributed by atoms with Crippen LogP contribution in [-0.2, 0) is 4.79 Å². The van der Waals surface area contributed by atoms with Crippen molar-refractivity contribution in [3.63, 3.8) is 0 Å². The number of aliphatic hydroxyl groups excluding tert-OH is 1. The van der Waals surface area contributed by atoms with Crippen LogP contribution in [0.3, 0.4) is 0 Å². The fourth-order valence-electron chi connectivity index (χ4n) is 11.2. The standard InChI is InChI=1S/C30H50O2/c1-20-21(32)8-9-22-27(20,5)11-10-23-28(6)15-14-26(4)13-12-25(2,3)18-24(26)29(28,7)16-17-30(22,23)19-31/h20,22-24,31H,8-19H2,1-7H3. The van der Waals surface area contributed by atoms with Crippen LogP contribution in [0.1, 0.15) is 119 Å². The summed E-state index contributed by atoms with van der Waals surface area (Å²) in [4.78, 5) is 12.7. The van der Waals surface area contributed by atoms with E-state index in [1.54, 1.807) is 0 Å². The highest BCUT2D eigenvalue weighted by Crippen LogP contribution is 2.78. The molecule has 182 valence electrons. The first kappa shape index (κ1) is 23.4. The first-order valence-electron chi connectivity index (χ1n) is 13.9. The van der Waals surface area contributed by atoms with Gasteiger partial charge in [-0.05, 0) is 109 Å². The van der Waals surface area contributed by atoms with Crippen LogP contribution in [0.25, 0.3) is 0 Å². The molecule has 2 nitrogen and oxygen atoms in total. The molecule has 0 saturated heterocycles. The van der Waals surface area contributed by atoms with E-state index in [1.807, 2.05) is 0 Å². The van der Waals surface area contributed by atoms with E-state index in [2.05, 4.69) is 48.5 Å². The molecule has 0 aromatic rings. The molecule has 5 aliphatic carbocycles. The number of carbonyl (C=O) groups is 1. The fourth-order valence-corrected chi connectivity index (χ4v) is 11.2. The lowest BCUT2D eigenvalue weighted by Crippen LogP contribution is -2.69. The van der Waals surface area contributed by atoms with Gasteiger partial charge >= 0.3 is 0 Å². The Morgan fingerprint density at radius 3 is 2.09 bits per heavy atom. The summed E-state index contributed by atoms with van der Waals surface area (Å²) in [5.74, 6) is 2.53. The van der Waals surface area contributed by atoms with Gasteiger partial charge in [-0.2, -0.15) is 0 Å². The molecular weight excluding hydrogens is 392 g/mol. The van der Waals surface area contributed by atoms with Gasteiger partial charge in [-0.3, -0.25) is 4.79 Å². The predicted octanol–water partition coefficient (Wildman–Crippen LogP) is 7.43. The number of fused-ring (bicyclic) bond motifs is 7. The van der Waals surface area contributed by atoms with Crippen molar-refractivity contribution in [3.05, 3.63) is 0 Å². The van der Waals surface area contributed by atoms with Gasteiger partial charge in [-0.1, -0.05) is 48.5 Å². The van der Waals surface area contributed by atoms with Crippen LogP contribution in [0.4, 0.5) is 0 Å². The van der Waals surface area contributed by atoms with Gasteiger partial charge in [0.05, 0.1) is 0 Å². The first-order chi connectivity index (χ1) is 14.8. The molecule has 9 atom stereocenters. The van der Waals surface area contributed by atoms with E-state index >= 15 is 0 Å². The minimum absolute atomic E-state index is 0.0220. The van der Waals surface area contributed by atoms with E-state index in [0.29, 0.717) is 45.9 Å². The van der Waals surface area contributed by atoms with Gasteiger partial charge in [0, 0.05) is 24.4 Å². The summed E-state index contributed by atoms with van der Waals surface area (Å²) in [6.45, 7) is 17.9. The average molecular weight is 443 g/mol. The third-order valence-electron chi connectivity index (χ3n) is 13.7. The number of hydrogen-bond acceptors (Lipinski definition) is 2. The van der Waals surface area contributed by atoms with Crippen molar-refractivity contribution >= 4 is 5.78 Å². The quantitative estimate of drug-likeness (QED) is 0.458. The Bertz CT molecular complexity index is 801. The second kappa shape index (κ2) is 6.86. The highest BCUT2D eigenvalue weighted by molar-refractivity contribution is 5.82. The summed E-state index contributed by atoms with van der Waals surface area (Å²) in [5, 5.41) is 11.2. The summed E-state index contributed by atoms with van der Waals surface area (Å²) in [7, 11) is 0. The van der Waals surface area contributed by atoms with E-state index < -0.39 is 0 Å². The van der Waals surface area contributed by atoms with Crippen molar-refractivity contribution in [3.8, 4) is 0 Å². The molecule has 5 fully saturated rings. The van der Waals surface area contributed by atoms with E-state index in [4.69, 9.17) is 0 Å². The molecule has 0 spiro atoms. The summed E-state index contributed by atoms with van der Waals surface area (Å²) in [5.41, 5.74) is 1.73. The lowest BCUT2D eigenvalue weighted by Gasteiger charge is -2.75. The van der Waals surface area contributed by atoms with E-state index in [1.165, 1.54) is 57.8 Å². The second-order valence-corrected chi connectivity index (χ2v) is 15.2. The van der Waals surface area contributed by atoms with Crippen LogP contribution in [0.2, 0.25) is 0 Å². The number of Topliss-reactive ketones (excluding diaryl/α,β-unsaturated/α-hetero) is 1. The van der Waals surface area contributed by atoms with Crippen LogP contribution in [0.15, 0.2) is 0 Å². The summed E-state index contributed by atoms with van der Waals surface area (Å²) >= 11 is 0. The molecule has 0 aliphatic heterocycles. The highest BCUT2D eigenvalue weighted by atomic mass is 16.3. The molecule has 5 aliphatic rings. The molecule has 0 amide bonds. The number of carbonyl (C=O) groups excluding carboxylic acids is 1. The maximum Gasteiger partial charge on any atom is 0.136 e. The summed E-state index contributed by atoms with van der Waals surface area (Å²) in [6.07, 6.45) is 13.4. The number of hydrogen-bond donors (Lipinski definition) is 1. The van der Waals surface area contributed by atoms with Crippen molar-refractivity contribution < 1.29 is 9.90 Å². The zero-order valence-electron chi connectivity index (χ0n) is 22.2. The minimum atomic E-state index is 0.0220. The molecule has 32 heavy (non-hydrogen) atoms. The van der Waals surface area contributed by atoms with Gasteiger partial charge in [0.15, 0.2) is 0 Å². The van der Waals surface area contributed by atoms with Gasteiger partial charge < -0.3 is 5.11 Å². The van der Waals surface area contributed by atoms with Crippen LogP contribution in [0.5, 0.6) is 0 Å². The topological polar surface area (TPSA) is 37.3 Å². The van der Waals surface area contributed by atoms with Crippen molar-refractivity contribution in [2.45, 2.75) is 119 Å². The van der Waals surface area contributed by atoms with Crippen molar-refractivity contribution in [1.29, 1.82) is 0 Å². The van der Waals surface area contributed by atoms with Crippen LogP contribution in [0, 0.1) is 56.2 Å². The average Bonchev–Trinajstić information content (AvgIpc) is 2.74. The normalized spacial score (nSPS) is 57.1. The van der Waals surface area contributed by atoms with Crippen LogP contribution < -0.4 is 0 Å². The fraction of sp³-hybridized carbons (Fsp3) is 0.967. The Balaban J connectivity index is 1.57. The van der Waals surface area contributed by atoms with Gasteiger partial charge in [0.2, 0.25) is 0 Å². The van der Waals surface area contributed by atoms with Crippen LogP contribution >= 0.6 is 0 Å². The molecule has 0 heterocycles. The van der Waals surface area contributed by atoms with Crippen LogP contribution in [-0.4, -0.2) is 17.5 Å². The number of rotatable bonds is 1. The lowest BCUT2D eigenvalue weighted by molar-refractivity contribution is -0.268. The van der Waals surface area contributed by atoms with Gasteiger partial charge in [-0.25, -0.2) is 0 Å². The molecule has 0 radical (unpaired) electrons. The third-order valence-corrected chi connectivity index (χ3v) is 13.7. The molecule has 2 heteroatoms. The molecular formula is C30H50O2. The molecule has 0 aromatic heterocycles. The molecule has 9 unspecified atom stereocenters. The smallest absolute Gasteiger partial charge is 0.136 e. The monoisotopic (exact) mass is 442 g/mol. The Morgan fingerprint density at radius 2 is 1.41 bits per heavy atom. The summed E-state index contributed by atoms with van der Waals surface area (Å²) < 4.78 is 0. The second-order valence-electron chi connectivity index (χ2n) is 15.2. The lowest BCUT2D eigenvalue weighted by atomic mass is 9.30. The zero-order chi connectivity index (χ0) is 23.4. The van der Waals surface area contributed by atoms with Gasteiger partial charge in [-0.15, -0.1) is 0 Å². The SMILES string of the molecule is CC1C(=O)CCC2C1(C)CCC1C2(CO)CCC2(C)C3CC(C)(C)CCC3(C)CCC12C. The van der Waals surface area contributed by atoms with Crippen molar-refractivity contribution in [2.75, 3.05) is 6.61 Å². The maximum absolute atomic E-state index is 12.7. The number of aliphatic hydroxyl groups is 1. The van der Waals surface area contributed by atoms with Gasteiger partial charge in [0.1, 0.15) is 5.78 Å². The van der Waals surface area contributed by atoms with Crippen molar-refractivity contribution in [1.82, 2.24) is 0 Å². The van der Waals surface area contributed by atoms with Crippen molar-refractivity contribution in [2.24, 2.45) is 56.2 Å². The largest absolute Gasteiger partial charge is 0.396 e. The minimum Gasteiger partial charge on any atom is -0.396 e. The van der Waals surface area contributed by atoms with E-state index in [9.17, 15) is 9.90 Å². The Labute approximate surface area is 197 Å². The highest BCUT2D eigenvalue weighted by Gasteiger charge is 2.71. The maximum atomic E-state index is 12.7. The Morgan fingerprint density at radius 1 is 0.781 bits per heavy atom. The molecule has 0 aromatic carbocycles. The zero-order valence-corrected chi connectivity index (χ0v) is 22.2. The van der Waals surface area contributed by atoms with Gasteiger partial charge in [0.25, 0.3) is 0 Å². The predicted molar refractivity (Wildman–Crippen MR) is 131 cm³/mol. The van der Waals surface area contributed by atoms with E-state index in [-0.39, 0.29) is 16.7 Å². The molecule has 0 bridgehead atoms. The Kier molecular flexibility index (Phi) is 5.01. The molecule has 5 rings (SSSR count). The van der Waals surface area contributed by atoms with E-state index in [0.717, 1.165) is 18.8 Å². The molecule has 1 N–H and O–H groups in total.